The molecule has 1 saturated heterocycles. The van der Waals surface area contributed by atoms with E-state index in [1.165, 1.54) is 0 Å². The number of aromatic nitrogens is 1. The summed E-state index contributed by atoms with van der Waals surface area (Å²) in [7, 11) is 3.18. The van der Waals surface area contributed by atoms with Crippen LogP contribution in [0.5, 0.6) is 11.5 Å². The quantitative estimate of drug-likeness (QED) is 0.850. The summed E-state index contributed by atoms with van der Waals surface area (Å²) in [5.74, 6) is 2.71. The maximum absolute atomic E-state index is 12.8. The van der Waals surface area contributed by atoms with E-state index in [0.717, 1.165) is 19.5 Å². The fraction of sp³-hybridized carbons (Fsp3) is 0.474. The second-order valence-electron chi connectivity index (χ2n) is 6.80. The molecule has 2 aromatic rings. The number of carbonyl (C=O) groups excluding carboxylic acids is 1. The second kappa shape index (κ2) is 7.17. The van der Waals surface area contributed by atoms with Crippen LogP contribution >= 0.6 is 0 Å². The topological polar surface area (TPSA) is 64.8 Å². The second-order valence-corrected chi connectivity index (χ2v) is 6.80. The molecule has 1 fully saturated rings. The minimum Gasteiger partial charge on any atom is -0.497 e. The molecule has 2 atom stereocenters. The van der Waals surface area contributed by atoms with Gasteiger partial charge in [-0.3, -0.25) is 4.79 Å². The van der Waals surface area contributed by atoms with Gasteiger partial charge in [-0.25, -0.2) is 0 Å². The van der Waals surface area contributed by atoms with Gasteiger partial charge >= 0.3 is 0 Å². The molecule has 0 spiro atoms. The largest absolute Gasteiger partial charge is 0.497 e. The van der Waals surface area contributed by atoms with Gasteiger partial charge in [-0.15, -0.1) is 0 Å². The van der Waals surface area contributed by atoms with Gasteiger partial charge in [-0.05, 0) is 36.5 Å². The average molecular weight is 344 g/mol. The lowest BCUT2D eigenvalue weighted by molar-refractivity contribution is 0.0613. The highest BCUT2D eigenvalue weighted by atomic mass is 16.5. The van der Waals surface area contributed by atoms with E-state index in [1.807, 2.05) is 4.90 Å². The fourth-order valence-corrected chi connectivity index (χ4v) is 3.50. The van der Waals surface area contributed by atoms with E-state index in [2.05, 4.69) is 19.0 Å². The van der Waals surface area contributed by atoms with Crippen molar-refractivity contribution in [1.29, 1.82) is 0 Å². The van der Waals surface area contributed by atoms with E-state index in [-0.39, 0.29) is 5.91 Å². The van der Waals surface area contributed by atoms with Crippen LogP contribution in [0.4, 0.5) is 0 Å². The molecule has 0 aliphatic carbocycles. The van der Waals surface area contributed by atoms with Crippen molar-refractivity contribution in [2.24, 2.45) is 11.8 Å². The number of benzene rings is 1. The smallest absolute Gasteiger partial charge is 0.276 e. The predicted molar refractivity (Wildman–Crippen MR) is 93.9 cm³/mol. The lowest BCUT2D eigenvalue weighted by Gasteiger charge is -2.34. The average Bonchev–Trinajstić information content (AvgIpc) is 3.09. The molecule has 0 radical (unpaired) electrons. The number of rotatable bonds is 4. The van der Waals surface area contributed by atoms with Gasteiger partial charge in [0.15, 0.2) is 11.5 Å². The van der Waals surface area contributed by atoms with Crippen LogP contribution in [0.1, 0.15) is 30.8 Å². The molecule has 1 aromatic heterocycles. The highest BCUT2D eigenvalue weighted by Gasteiger charge is 2.28. The van der Waals surface area contributed by atoms with Crippen molar-refractivity contribution < 1.29 is 18.8 Å². The Labute approximate surface area is 147 Å². The number of amides is 1. The van der Waals surface area contributed by atoms with Crippen molar-refractivity contribution >= 4 is 5.91 Å². The summed E-state index contributed by atoms with van der Waals surface area (Å²) in [6.45, 7) is 5.86. The lowest BCUT2D eigenvalue weighted by atomic mass is 9.92. The van der Waals surface area contributed by atoms with Crippen molar-refractivity contribution in [3.63, 3.8) is 0 Å². The molecule has 0 unspecified atom stereocenters. The minimum absolute atomic E-state index is 0.0877. The number of hydrogen-bond acceptors (Lipinski definition) is 5. The van der Waals surface area contributed by atoms with Gasteiger partial charge in [0.1, 0.15) is 11.5 Å². The van der Waals surface area contributed by atoms with Crippen LogP contribution in [-0.2, 0) is 0 Å². The molecular formula is C19H24N2O4. The van der Waals surface area contributed by atoms with Crippen molar-refractivity contribution in [2.75, 3.05) is 27.3 Å². The van der Waals surface area contributed by atoms with Crippen LogP contribution in [0.15, 0.2) is 28.8 Å². The molecule has 6 heteroatoms. The number of ether oxygens (including phenoxy) is 2. The van der Waals surface area contributed by atoms with Crippen LogP contribution in [0.3, 0.4) is 0 Å². The molecule has 6 nitrogen and oxygen atoms in total. The molecule has 134 valence electrons. The van der Waals surface area contributed by atoms with E-state index in [0.29, 0.717) is 40.4 Å². The van der Waals surface area contributed by atoms with Gasteiger partial charge in [0.25, 0.3) is 5.91 Å². The molecule has 1 amide bonds. The van der Waals surface area contributed by atoms with Crippen LogP contribution in [-0.4, -0.2) is 43.3 Å². The zero-order valence-corrected chi connectivity index (χ0v) is 15.1. The molecular weight excluding hydrogens is 320 g/mol. The number of hydrogen-bond donors (Lipinski definition) is 0. The predicted octanol–water partition coefficient (Wildman–Crippen LogP) is 3.48. The summed E-state index contributed by atoms with van der Waals surface area (Å²) in [5, 5.41) is 3.99. The third-order valence-electron chi connectivity index (χ3n) is 4.56. The van der Waals surface area contributed by atoms with Crippen molar-refractivity contribution in [1.82, 2.24) is 10.1 Å². The Morgan fingerprint density at radius 3 is 2.52 bits per heavy atom. The number of methoxy groups -OCH3 is 2. The Hall–Kier alpha value is -2.50. The molecule has 0 bridgehead atoms. The highest BCUT2D eigenvalue weighted by Crippen LogP contribution is 2.34. The van der Waals surface area contributed by atoms with Crippen LogP contribution < -0.4 is 9.47 Å². The number of likely N-dealkylation sites (tertiary alicyclic amines) is 1. The Kier molecular flexibility index (Phi) is 4.97. The lowest BCUT2D eigenvalue weighted by Crippen LogP contribution is -2.42. The SMILES string of the molecule is COc1ccc(OC)c(-c2cc(C(=O)N3C[C@H](C)C[C@H](C)C3)no2)c1. The maximum atomic E-state index is 12.8. The molecule has 0 saturated carbocycles. The van der Waals surface area contributed by atoms with Crippen LogP contribution in [0.2, 0.25) is 0 Å². The Morgan fingerprint density at radius 2 is 1.88 bits per heavy atom. The van der Waals surface area contributed by atoms with E-state index in [1.54, 1.807) is 38.5 Å². The van der Waals surface area contributed by atoms with Crippen molar-refractivity contribution in [2.45, 2.75) is 20.3 Å². The van der Waals surface area contributed by atoms with Crippen LogP contribution in [0.25, 0.3) is 11.3 Å². The van der Waals surface area contributed by atoms with Gasteiger partial charge < -0.3 is 18.9 Å². The summed E-state index contributed by atoms with van der Waals surface area (Å²) in [6, 6.07) is 7.08. The Balaban J connectivity index is 1.86. The number of nitrogens with zero attached hydrogens (tertiary/aromatic N) is 2. The van der Waals surface area contributed by atoms with E-state index in [9.17, 15) is 4.79 Å². The first kappa shape index (κ1) is 17.3. The Bertz CT molecular complexity index is 746. The third kappa shape index (κ3) is 3.62. The van der Waals surface area contributed by atoms with Gasteiger partial charge in [0, 0.05) is 19.2 Å². The molecule has 25 heavy (non-hydrogen) atoms. The molecule has 2 heterocycles. The standard InChI is InChI=1S/C19H24N2O4/c1-12-7-13(2)11-21(10-12)19(22)16-9-18(25-20-16)15-8-14(23-3)5-6-17(15)24-4/h5-6,8-9,12-13H,7,10-11H2,1-4H3/t12-,13+. The van der Waals surface area contributed by atoms with Gasteiger partial charge in [-0.2, -0.15) is 0 Å². The minimum atomic E-state index is -0.0877. The first-order valence-electron chi connectivity index (χ1n) is 8.50. The van der Waals surface area contributed by atoms with Crippen molar-refractivity contribution in [3.05, 3.63) is 30.0 Å². The zero-order chi connectivity index (χ0) is 18.0. The molecule has 1 aliphatic rings. The molecule has 3 rings (SSSR count). The first-order valence-corrected chi connectivity index (χ1v) is 8.50. The fourth-order valence-electron chi connectivity index (χ4n) is 3.50. The van der Waals surface area contributed by atoms with Crippen molar-refractivity contribution in [3.8, 4) is 22.8 Å². The highest BCUT2D eigenvalue weighted by molar-refractivity contribution is 5.93. The van der Waals surface area contributed by atoms with E-state index in [4.69, 9.17) is 14.0 Å². The summed E-state index contributed by atoms with van der Waals surface area (Å²) < 4.78 is 16.1. The summed E-state index contributed by atoms with van der Waals surface area (Å²) in [6.07, 6.45) is 1.15. The third-order valence-corrected chi connectivity index (χ3v) is 4.56. The first-order chi connectivity index (χ1) is 12.0. The molecule has 1 aromatic carbocycles. The normalized spacial score (nSPS) is 20.4. The Morgan fingerprint density at radius 1 is 1.16 bits per heavy atom. The maximum Gasteiger partial charge on any atom is 0.276 e. The number of carbonyl (C=O) groups is 1. The molecule has 1 aliphatic heterocycles. The van der Waals surface area contributed by atoms with E-state index >= 15 is 0 Å². The van der Waals surface area contributed by atoms with Gasteiger partial charge in [0.05, 0.1) is 19.8 Å². The number of piperidine rings is 1. The summed E-state index contributed by atoms with van der Waals surface area (Å²) in [5.41, 5.74) is 1.02. The van der Waals surface area contributed by atoms with Gasteiger partial charge in [0.2, 0.25) is 0 Å². The summed E-state index contributed by atoms with van der Waals surface area (Å²) >= 11 is 0. The van der Waals surface area contributed by atoms with Gasteiger partial charge in [-0.1, -0.05) is 19.0 Å². The zero-order valence-electron chi connectivity index (χ0n) is 15.1. The molecule has 0 N–H and O–H groups in total. The van der Waals surface area contributed by atoms with E-state index < -0.39 is 0 Å². The summed E-state index contributed by atoms with van der Waals surface area (Å²) in [4.78, 5) is 14.6. The van der Waals surface area contributed by atoms with Crippen LogP contribution in [0, 0.1) is 11.8 Å². The monoisotopic (exact) mass is 344 g/mol.